The predicted molar refractivity (Wildman–Crippen MR) is 118 cm³/mol. The summed E-state index contributed by atoms with van der Waals surface area (Å²) < 4.78 is 29.8. The third-order valence-corrected chi connectivity index (χ3v) is 8.16. The fourth-order valence-electron chi connectivity index (χ4n) is 4.57. The summed E-state index contributed by atoms with van der Waals surface area (Å²) in [4.78, 5) is 17.8. The Kier molecular flexibility index (Phi) is 5.28. The van der Waals surface area contributed by atoms with Crippen LogP contribution in [0, 0.1) is 27.7 Å². The van der Waals surface area contributed by atoms with Gasteiger partial charge in [-0.05, 0) is 63.8 Å². The highest BCUT2D eigenvalue weighted by Crippen LogP contribution is 2.30. The molecule has 0 amide bonds. The van der Waals surface area contributed by atoms with Crippen LogP contribution in [0.3, 0.4) is 0 Å². The van der Waals surface area contributed by atoms with E-state index in [1.807, 2.05) is 58.0 Å². The molecule has 6 nitrogen and oxygen atoms in total. The molecular weight excluding hydrogens is 398 g/mol. The lowest BCUT2D eigenvalue weighted by molar-refractivity contribution is 0.269. The summed E-state index contributed by atoms with van der Waals surface area (Å²) in [6.07, 6.45) is 2.77. The summed E-state index contributed by atoms with van der Waals surface area (Å²) in [7, 11) is -3.57. The van der Waals surface area contributed by atoms with Crippen LogP contribution in [0.2, 0.25) is 0 Å². The zero-order valence-electron chi connectivity index (χ0n) is 17.8. The normalized spacial score (nSPS) is 16.3. The minimum atomic E-state index is -3.57. The van der Waals surface area contributed by atoms with Gasteiger partial charge in [-0.2, -0.15) is 4.31 Å². The second-order valence-electron chi connectivity index (χ2n) is 8.34. The summed E-state index contributed by atoms with van der Waals surface area (Å²) in [5.41, 5.74) is 4.26. The van der Waals surface area contributed by atoms with Gasteiger partial charge in [0.2, 0.25) is 10.0 Å². The second-order valence-corrected chi connectivity index (χ2v) is 10.2. The van der Waals surface area contributed by atoms with Crippen molar-refractivity contribution in [2.75, 3.05) is 13.1 Å². The molecule has 2 aromatic carbocycles. The third-order valence-electron chi connectivity index (χ3n) is 5.96. The van der Waals surface area contributed by atoms with E-state index in [1.54, 1.807) is 15.2 Å². The Bertz CT molecular complexity index is 1260. The van der Waals surface area contributed by atoms with Crippen molar-refractivity contribution >= 4 is 20.9 Å². The van der Waals surface area contributed by atoms with Gasteiger partial charge in [-0.25, -0.2) is 13.4 Å². The molecule has 0 saturated carbocycles. The van der Waals surface area contributed by atoms with Gasteiger partial charge in [0.1, 0.15) is 0 Å². The number of hydrogen-bond acceptors (Lipinski definition) is 4. The molecule has 1 saturated heterocycles. The molecule has 7 heteroatoms. The number of piperidine rings is 1. The maximum atomic E-state index is 13.3. The molecule has 2 heterocycles. The first-order valence-electron chi connectivity index (χ1n) is 10.2. The average molecular weight is 426 g/mol. The van der Waals surface area contributed by atoms with Crippen LogP contribution in [-0.2, 0) is 10.0 Å². The van der Waals surface area contributed by atoms with E-state index in [-0.39, 0.29) is 11.6 Å². The first kappa shape index (κ1) is 20.8. The van der Waals surface area contributed by atoms with Crippen molar-refractivity contribution in [3.05, 3.63) is 69.3 Å². The van der Waals surface area contributed by atoms with Crippen LogP contribution >= 0.6 is 0 Å². The monoisotopic (exact) mass is 425 g/mol. The zero-order chi connectivity index (χ0) is 21.6. The fraction of sp³-hybridized carbons (Fsp3) is 0.391. The topological polar surface area (TPSA) is 72.3 Å². The number of benzene rings is 2. The van der Waals surface area contributed by atoms with Gasteiger partial charge >= 0.3 is 0 Å². The zero-order valence-corrected chi connectivity index (χ0v) is 18.7. The second kappa shape index (κ2) is 7.63. The summed E-state index contributed by atoms with van der Waals surface area (Å²) in [6, 6.07) is 9.43. The summed E-state index contributed by atoms with van der Waals surface area (Å²) >= 11 is 0. The van der Waals surface area contributed by atoms with E-state index in [0.29, 0.717) is 41.7 Å². The standard InChI is InChI=1S/C23H27N3O3S/c1-15-5-6-21-20(13-15)23(27)26(14-24-21)19-7-9-25(10-8-19)30(28,29)22-17(3)11-16(2)12-18(22)4/h5-6,11-14,19H,7-10H2,1-4H3. The molecule has 1 aliphatic heterocycles. The number of rotatable bonds is 3. The van der Waals surface area contributed by atoms with E-state index in [4.69, 9.17) is 0 Å². The number of sulfonamides is 1. The van der Waals surface area contributed by atoms with E-state index in [1.165, 1.54) is 0 Å². The molecule has 0 unspecified atom stereocenters. The van der Waals surface area contributed by atoms with E-state index < -0.39 is 10.0 Å². The van der Waals surface area contributed by atoms with E-state index in [2.05, 4.69) is 4.98 Å². The minimum Gasteiger partial charge on any atom is -0.296 e. The van der Waals surface area contributed by atoms with Crippen LogP contribution in [-0.4, -0.2) is 35.4 Å². The van der Waals surface area contributed by atoms with Crippen LogP contribution in [0.15, 0.2) is 46.3 Å². The molecule has 0 radical (unpaired) electrons. The van der Waals surface area contributed by atoms with Gasteiger partial charge in [0.05, 0.1) is 22.1 Å². The third kappa shape index (κ3) is 3.56. The molecule has 158 valence electrons. The minimum absolute atomic E-state index is 0.0541. The molecule has 0 bridgehead atoms. The maximum Gasteiger partial charge on any atom is 0.261 e. The predicted octanol–water partition coefficient (Wildman–Crippen LogP) is 3.66. The van der Waals surface area contributed by atoms with Gasteiger partial charge in [0.15, 0.2) is 0 Å². The van der Waals surface area contributed by atoms with Gasteiger partial charge in [-0.1, -0.05) is 29.3 Å². The average Bonchev–Trinajstić information content (AvgIpc) is 2.68. The molecule has 30 heavy (non-hydrogen) atoms. The highest BCUT2D eigenvalue weighted by atomic mass is 32.2. The maximum absolute atomic E-state index is 13.3. The number of fused-ring (bicyclic) bond motifs is 1. The largest absolute Gasteiger partial charge is 0.296 e. The lowest BCUT2D eigenvalue weighted by atomic mass is 10.1. The molecule has 0 spiro atoms. The van der Waals surface area contributed by atoms with Gasteiger partial charge in [-0.3, -0.25) is 9.36 Å². The Labute approximate surface area is 177 Å². The summed E-state index contributed by atoms with van der Waals surface area (Å²) in [5, 5.41) is 0.610. The number of hydrogen-bond donors (Lipinski definition) is 0. The fourth-order valence-corrected chi connectivity index (χ4v) is 6.45. The Balaban J connectivity index is 1.60. The van der Waals surface area contributed by atoms with Gasteiger partial charge in [-0.15, -0.1) is 0 Å². The smallest absolute Gasteiger partial charge is 0.261 e. The number of nitrogens with zero attached hydrogens (tertiary/aromatic N) is 3. The molecular formula is C23H27N3O3S. The quantitative estimate of drug-likeness (QED) is 0.642. The first-order valence-corrected chi connectivity index (χ1v) is 11.7. The lowest BCUT2D eigenvalue weighted by Gasteiger charge is -2.32. The van der Waals surface area contributed by atoms with Crippen LogP contribution in [0.5, 0.6) is 0 Å². The molecule has 0 atom stereocenters. The highest BCUT2D eigenvalue weighted by molar-refractivity contribution is 7.89. The van der Waals surface area contributed by atoms with Crippen LogP contribution < -0.4 is 5.56 Å². The molecule has 1 fully saturated rings. The molecule has 3 aromatic rings. The van der Waals surface area contributed by atoms with Crippen LogP contribution in [0.25, 0.3) is 10.9 Å². The van der Waals surface area contributed by atoms with Crippen molar-refractivity contribution in [3.63, 3.8) is 0 Å². The number of aromatic nitrogens is 2. The molecule has 0 N–H and O–H groups in total. The van der Waals surface area contributed by atoms with Crippen molar-refractivity contribution < 1.29 is 8.42 Å². The molecule has 4 rings (SSSR count). The van der Waals surface area contributed by atoms with Crippen molar-refractivity contribution in [2.45, 2.75) is 51.5 Å². The summed E-state index contributed by atoms with van der Waals surface area (Å²) in [5.74, 6) is 0. The van der Waals surface area contributed by atoms with E-state index in [9.17, 15) is 13.2 Å². The Morgan fingerprint density at radius 1 is 0.933 bits per heavy atom. The van der Waals surface area contributed by atoms with E-state index in [0.717, 1.165) is 22.3 Å². The van der Waals surface area contributed by atoms with Crippen molar-refractivity contribution in [1.29, 1.82) is 0 Å². The van der Waals surface area contributed by atoms with Crippen molar-refractivity contribution in [2.24, 2.45) is 0 Å². The van der Waals surface area contributed by atoms with Crippen molar-refractivity contribution in [1.82, 2.24) is 13.9 Å². The van der Waals surface area contributed by atoms with Gasteiger partial charge in [0.25, 0.3) is 5.56 Å². The van der Waals surface area contributed by atoms with Crippen molar-refractivity contribution in [3.8, 4) is 0 Å². The van der Waals surface area contributed by atoms with Crippen LogP contribution in [0.1, 0.15) is 41.1 Å². The Morgan fingerprint density at radius 3 is 2.20 bits per heavy atom. The Morgan fingerprint density at radius 2 is 1.57 bits per heavy atom. The SMILES string of the molecule is Cc1cc(C)c(S(=O)(=O)N2CCC(n3cnc4ccc(C)cc4c3=O)CC2)c(C)c1. The summed E-state index contributed by atoms with van der Waals surface area (Å²) in [6.45, 7) is 8.40. The molecule has 0 aliphatic carbocycles. The van der Waals surface area contributed by atoms with E-state index >= 15 is 0 Å². The van der Waals surface area contributed by atoms with Gasteiger partial charge in [0, 0.05) is 19.1 Å². The highest BCUT2D eigenvalue weighted by Gasteiger charge is 2.32. The molecule has 1 aliphatic rings. The first-order chi connectivity index (χ1) is 14.2. The Hall–Kier alpha value is -2.51. The lowest BCUT2D eigenvalue weighted by Crippen LogP contribution is -2.41. The molecule has 1 aromatic heterocycles. The van der Waals surface area contributed by atoms with Crippen LogP contribution in [0.4, 0.5) is 0 Å². The van der Waals surface area contributed by atoms with Gasteiger partial charge < -0.3 is 0 Å². The number of aryl methyl sites for hydroxylation is 4.